The predicted octanol–water partition coefficient (Wildman–Crippen LogP) is 5.22. The van der Waals surface area contributed by atoms with Crippen molar-refractivity contribution in [2.45, 2.75) is 6.92 Å². The van der Waals surface area contributed by atoms with E-state index >= 15 is 0 Å². The van der Waals surface area contributed by atoms with Gasteiger partial charge in [-0.2, -0.15) is 0 Å². The first-order valence-corrected chi connectivity index (χ1v) is 10.7. The Morgan fingerprint density at radius 2 is 2.03 bits per heavy atom. The summed E-state index contributed by atoms with van der Waals surface area (Å²) in [5, 5.41) is 2.10. The van der Waals surface area contributed by atoms with E-state index in [-0.39, 0.29) is 11.7 Å². The number of furan rings is 1. The summed E-state index contributed by atoms with van der Waals surface area (Å²) < 4.78 is 12.3. The number of aryl methyl sites for hydroxylation is 1. The molecule has 4 rings (SSSR count). The molecular weight excluding hydrogens is 422 g/mol. The molecule has 2 heterocycles. The topological polar surface area (TPSA) is 58.8 Å². The van der Waals surface area contributed by atoms with Gasteiger partial charge in [0.1, 0.15) is 0 Å². The number of aromatic nitrogens is 1. The van der Waals surface area contributed by atoms with Crippen molar-refractivity contribution in [1.82, 2.24) is 9.88 Å². The van der Waals surface area contributed by atoms with Crippen LogP contribution in [0, 0.1) is 6.92 Å². The van der Waals surface area contributed by atoms with Crippen LogP contribution >= 0.6 is 22.9 Å². The Bertz CT molecular complexity index is 1230. The highest BCUT2D eigenvalue weighted by Gasteiger charge is 2.25. The summed E-state index contributed by atoms with van der Waals surface area (Å²) in [6.45, 7) is 3.10. The molecule has 0 spiro atoms. The van der Waals surface area contributed by atoms with E-state index in [9.17, 15) is 4.79 Å². The van der Waals surface area contributed by atoms with Gasteiger partial charge in [0, 0.05) is 23.5 Å². The summed E-state index contributed by atoms with van der Waals surface area (Å²) >= 11 is 7.73. The number of likely N-dealkylation sites (N-methyl/N-ethyl adjacent to an activating group) is 1. The quantitative estimate of drug-likeness (QED) is 0.409. The first-order valence-electron chi connectivity index (χ1n) is 9.48. The van der Waals surface area contributed by atoms with Gasteiger partial charge >= 0.3 is 0 Å². The van der Waals surface area contributed by atoms with Gasteiger partial charge in [-0.25, -0.2) is 4.98 Å². The van der Waals surface area contributed by atoms with E-state index in [0.29, 0.717) is 34.6 Å². The van der Waals surface area contributed by atoms with Crippen molar-refractivity contribution in [2.75, 3.05) is 39.2 Å². The monoisotopic (exact) mass is 443 g/mol. The molecule has 2 aromatic heterocycles. The normalized spacial score (nSPS) is 11.5. The number of rotatable bonds is 6. The van der Waals surface area contributed by atoms with E-state index in [2.05, 4.69) is 0 Å². The number of nitrogens with zero attached hydrogens (tertiary/aromatic N) is 3. The summed E-state index contributed by atoms with van der Waals surface area (Å²) in [6, 6.07) is 11.1. The van der Waals surface area contributed by atoms with E-state index in [1.165, 1.54) is 11.3 Å². The van der Waals surface area contributed by atoms with E-state index in [0.717, 1.165) is 21.2 Å². The Hall–Kier alpha value is -2.61. The Morgan fingerprint density at radius 1 is 1.23 bits per heavy atom. The van der Waals surface area contributed by atoms with E-state index in [1.54, 1.807) is 18.1 Å². The van der Waals surface area contributed by atoms with Crippen molar-refractivity contribution >= 4 is 55.2 Å². The molecule has 30 heavy (non-hydrogen) atoms. The molecule has 0 aliphatic heterocycles. The van der Waals surface area contributed by atoms with Gasteiger partial charge < -0.3 is 14.1 Å². The Morgan fingerprint density at radius 3 is 2.77 bits per heavy atom. The fourth-order valence-electron chi connectivity index (χ4n) is 3.22. The molecule has 0 saturated carbocycles. The maximum Gasteiger partial charge on any atom is 0.295 e. The van der Waals surface area contributed by atoms with Crippen LogP contribution in [-0.4, -0.2) is 50.1 Å². The number of fused-ring (bicyclic) bond motifs is 2. The molecule has 0 atom stereocenters. The number of hydrogen-bond acceptors (Lipinski definition) is 6. The molecule has 0 bridgehead atoms. The lowest BCUT2D eigenvalue weighted by molar-refractivity contribution is 0.0960. The average molecular weight is 444 g/mol. The third kappa shape index (κ3) is 3.76. The van der Waals surface area contributed by atoms with Crippen LogP contribution in [0.1, 0.15) is 16.1 Å². The Balaban J connectivity index is 1.77. The molecule has 0 aliphatic carbocycles. The summed E-state index contributed by atoms with van der Waals surface area (Å²) in [5.41, 5.74) is 2.28. The number of amides is 1. The first-order chi connectivity index (χ1) is 14.4. The second-order valence-corrected chi connectivity index (χ2v) is 8.68. The maximum absolute atomic E-state index is 13.5. The number of thiazole rings is 1. The highest BCUT2D eigenvalue weighted by molar-refractivity contribution is 7.22. The van der Waals surface area contributed by atoms with Gasteiger partial charge in [0.05, 0.1) is 17.3 Å². The summed E-state index contributed by atoms with van der Waals surface area (Å²) in [6.07, 6.45) is 0. The summed E-state index contributed by atoms with van der Waals surface area (Å²) in [4.78, 5) is 21.9. The molecule has 0 radical (unpaired) electrons. The number of benzene rings is 2. The minimum absolute atomic E-state index is 0.238. The lowest BCUT2D eigenvalue weighted by atomic mass is 10.2. The number of hydrogen-bond donors (Lipinski definition) is 0. The third-order valence-electron chi connectivity index (χ3n) is 4.92. The van der Waals surface area contributed by atoms with Gasteiger partial charge in [-0.1, -0.05) is 35.1 Å². The number of carbonyl (C=O) groups is 1. The molecule has 156 valence electrons. The maximum atomic E-state index is 13.5. The fraction of sp³-hybridized carbons (Fsp3) is 0.273. The minimum atomic E-state index is -0.238. The van der Waals surface area contributed by atoms with Crippen LogP contribution in [0.4, 0.5) is 5.13 Å². The van der Waals surface area contributed by atoms with Gasteiger partial charge in [-0.15, -0.1) is 0 Å². The molecule has 0 unspecified atom stereocenters. The zero-order valence-corrected chi connectivity index (χ0v) is 18.8. The largest absolute Gasteiger partial charge is 0.493 e. The first kappa shape index (κ1) is 20.7. The molecule has 8 heteroatoms. The molecule has 1 amide bonds. The van der Waals surface area contributed by atoms with Crippen LogP contribution in [0.2, 0.25) is 5.02 Å². The number of para-hydroxylation sites is 1. The molecule has 0 fully saturated rings. The zero-order chi connectivity index (χ0) is 21.4. The average Bonchev–Trinajstić information content (AvgIpc) is 3.35. The molecule has 0 aliphatic rings. The van der Waals surface area contributed by atoms with Crippen LogP contribution < -0.4 is 9.64 Å². The van der Waals surface area contributed by atoms with Gasteiger partial charge in [0.15, 0.2) is 22.2 Å². The number of halogens is 1. The number of carbonyl (C=O) groups excluding carboxylic acids is 1. The van der Waals surface area contributed by atoms with Crippen molar-refractivity contribution in [2.24, 2.45) is 0 Å². The molecule has 0 saturated heterocycles. The zero-order valence-electron chi connectivity index (χ0n) is 17.2. The Kier molecular flexibility index (Phi) is 5.69. The minimum Gasteiger partial charge on any atom is -0.493 e. The van der Waals surface area contributed by atoms with Crippen molar-refractivity contribution in [3.63, 3.8) is 0 Å². The van der Waals surface area contributed by atoms with Crippen LogP contribution in [0.15, 0.2) is 40.8 Å². The second-order valence-electron chi connectivity index (χ2n) is 7.26. The van der Waals surface area contributed by atoms with Gasteiger partial charge in [0.2, 0.25) is 0 Å². The smallest absolute Gasteiger partial charge is 0.295 e. The highest BCUT2D eigenvalue weighted by Crippen LogP contribution is 2.35. The van der Waals surface area contributed by atoms with Crippen LogP contribution in [0.25, 0.3) is 21.2 Å². The fourth-order valence-corrected chi connectivity index (χ4v) is 4.43. The van der Waals surface area contributed by atoms with Crippen LogP contribution in [-0.2, 0) is 0 Å². The van der Waals surface area contributed by atoms with Crippen molar-refractivity contribution in [3.8, 4) is 5.75 Å². The van der Waals surface area contributed by atoms with E-state index in [4.69, 9.17) is 25.7 Å². The standard InChI is InChI=1S/C22H22ClN3O3S/c1-13-15(23)8-9-18-19(13)24-22(30-18)26(11-10-25(2)3)21(27)17-12-14-6-5-7-16(28-4)20(14)29-17/h5-9,12H,10-11H2,1-4H3. The number of anilines is 1. The van der Waals surface area contributed by atoms with Crippen LogP contribution in [0.5, 0.6) is 5.75 Å². The summed E-state index contributed by atoms with van der Waals surface area (Å²) in [7, 11) is 5.52. The predicted molar refractivity (Wildman–Crippen MR) is 122 cm³/mol. The van der Waals surface area contributed by atoms with Crippen molar-refractivity contribution in [1.29, 1.82) is 0 Å². The molecule has 2 aromatic carbocycles. The number of ether oxygens (including phenoxy) is 1. The summed E-state index contributed by atoms with van der Waals surface area (Å²) in [5.74, 6) is 0.608. The van der Waals surface area contributed by atoms with Gasteiger partial charge in [-0.05, 0) is 50.8 Å². The van der Waals surface area contributed by atoms with Gasteiger partial charge in [-0.3, -0.25) is 9.69 Å². The molecule has 6 nitrogen and oxygen atoms in total. The van der Waals surface area contributed by atoms with Crippen molar-refractivity contribution in [3.05, 3.63) is 52.7 Å². The lowest BCUT2D eigenvalue weighted by Crippen LogP contribution is -2.36. The lowest BCUT2D eigenvalue weighted by Gasteiger charge is -2.20. The van der Waals surface area contributed by atoms with Crippen molar-refractivity contribution < 1.29 is 13.9 Å². The number of methoxy groups -OCH3 is 1. The van der Waals surface area contributed by atoms with Crippen LogP contribution in [0.3, 0.4) is 0 Å². The molecule has 0 N–H and O–H groups in total. The van der Waals surface area contributed by atoms with E-state index < -0.39 is 0 Å². The Labute approximate surface area is 183 Å². The van der Waals surface area contributed by atoms with Gasteiger partial charge in [0.25, 0.3) is 5.91 Å². The van der Waals surface area contributed by atoms with E-state index in [1.807, 2.05) is 56.3 Å². The highest BCUT2D eigenvalue weighted by atomic mass is 35.5. The molecule has 4 aromatic rings. The second kappa shape index (κ2) is 8.26. The SMILES string of the molecule is COc1cccc2cc(C(=O)N(CCN(C)C)c3nc4c(C)c(Cl)ccc4s3)oc12. The molecular formula is C22H22ClN3O3S. The third-order valence-corrected chi connectivity index (χ3v) is 6.38.